The number of carbonyl (C=O) groups excluding carboxylic acids is 2. The van der Waals surface area contributed by atoms with Crippen LogP contribution < -0.4 is 0 Å². The molecule has 1 fully saturated rings. The van der Waals surface area contributed by atoms with Crippen LogP contribution in [0.1, 0.15) is 47.0 Å². The number of likely N-dealkylation sites (tertiary alicyclic amines) is 1. The third-order valence-electron chi connectivity index (χ3n) is 3.84. The number of rotatable bonds is 4. The summed E-state index contributed by atoms with van der Waals surface area (Å²) in [5.41, 5.74) is 0. The molecule has 1 rings (SSSR count). The van der Waals surface area contributed by atoms with Crippen molar-refractivity contribution in [2.24, 2.45) is 5.92 Å². The molecule has 1 aliphatic rings. The lowest BCUT2D eigenvalue weighted by atomic mass is 10.0. The lowest BCUT2D eigenvalue weighted by Gasteiger charge is -2.34. The van der Waals surface area contributed by atoms with Crippen LogP contribution >= 0.6 is 0 Å². The Bertz CT molecular complexity index is 304. The Morgan fingerprint density at radius 1 is 1.44 bits per heavy atom. The zero-order valence-electron chi connectivity index (χ0n) is 12.1. The second-order valence-electron chi connectivity index (χ2n) is 5.49. The minimum absolute atomic E-state index is 0.0113. The Labute approximate surface area is 110 Å². The minimum Gasteiger partial charge on any atom is -0.341 e. The summed E-state index contributed by atoms with van der Waals surface area (Å²) < 4.78 is 0. The van der Waals surface area contributed by atoms with Crippen LogP contribution in [0.25, 0.3) is 0 Å². The first-order valence-electron chi connectivity index (χ1n) is 7.00. The molecule has 0 radical (unpaired) electrons. The van der Waals surface area contributed by atoms with Gasteiger partial charge in [-0.1, -0.05) is 13.8 Å². The van der Waals surface area contributed by atoms with E-state index in [1.54, 1.807) is 4.90 Å². The van der Waals surface area contributed by atoms with Crippen LogP contribution in [-0.2, 0) is 9.59 Å². The summed E-state index contributed by atoms with van der Waals surface area (Å²) >= 11 is 0. The molecule has 4 heteroatoms. The summed E-state index contributed by atoms with van der Waals surface area (Å²) in [6.45, 7) is 9.66. The number of amides is 2. The first-order valence-corrected chi connectivity index (χ1v) is 7.00. The standard InChI is InChI=1S/C14H26N2O2/c1-5-12(3)16(13(4)17)10-14(18)15-8-6-7-11(2)9-15/h11-12H,5-10H2,1-4H3. The van der Waals surface area contributed by atoms with Gasteiger partial charge in [0.2, 0.25) is 11.8 Å². The Kier molecular flexibility index (Phi) is 5.63. The fourth-order valence-corrected chi connectivity index (χ4v) is 2.46. The Morgan fingerprint density at radius 2 is 2.11 bits per heavy atom. The average molecular weight is 254 g/mol. The highest BCUT2D eigenvalue weighted by Crippen LogP contribution is 2.16. The van der Waals surface area contributed by atoms with Crippen molar-refractivity contribution in [1.82, 2.24) is 9.80 Å². The lowest BCUT2D eigenvalue weighted by Crippen LogP contribution is -2.48. The van der Waals surface area contributed by atoms with Crippen LogP contribution in [0.2, 0.25) is 0 Å². The van der Waals surface area contributed by atoms with Crippen molar-refractivity contribution in [2.45, 2.75) is 53.0 Å². The largest absolute Gasteiger partial charge is 0.341 e. The van der Waals surface area contributed by atoms with Crippen molar-refractivity contribution >= 4 is 11.8 Å². The fraction of sp³-hybridized carbons (Fsp3) is 0.857. The molecule has 1 aliphatic heterocycles. The summed E-state index contributed by atoms with van der Waals surface area (Å²) in [6.07, 6.45) is 3.16. The first-order chi connectivity index (χ1) is 8.45. The molecule has 1 heterocycles. The molecular weight excluding hydrogens is 228 g/mol. The predicted octanol–water partition coefficient (Wildman–Crippen LogP) is 1.89. The first kappa shape index (κ1) is 15.0. The second kappa shape index (κ2) is 6.76. The average Bonchev–Trinajstić information content (AvgIpc) is 2.34. The summed E-state index contributed by atoms with van der Waals surface area (Å²) in [7, 11) is 0. The van der Waals surface area contributed by atoms with Crippen LogP contribution in [0.4, 0.5) is 0 Å². The Hall–Kier alpha value is -1.06. The maximum absolute atomic E-state index is 12.2. The van der Waals surface area contributed by atoms with Crippen LogP contribution in [0, 0.1) is 5.92 Å². The van der Waals surface area contributed by atoms with Gasteiger partial charge in [-0.25, -0.2) is 0 Å². The van der Waals surface area contributed by atoms with Gasteiger partial charge < -0.3 is 9.80 Å². The minimum atomic E-state index is -0.0113. The highest BCUT2D eigenvalue weighted by molar-refractivity contribution is 5.84. The van der Waals surface area contributed by atoms with E-state index < -0.39 is 0 Å². The predicted molar refractivity (Wildman–Crippen MR) is 72.1 cm³/mol. The van der Waals surface area contributed by atoms with E-state index in [1.807, 2.05) is 18.7 Å². The summed E-state index contributed by atoms with van der Waals surface area (Å²) in [4.78, 5) is 27.4. The topological polar surface area (TPSA) is 40.6 Å². The zero-order chi connectivity index (χ0) is 13.7. The number of carbonyl (C=O) groups is 2. The molecule has 2 unspecified atom stereocenters. The van der Waals surface area contributed by atoms with Gasteiger partial charge in [-0.2, -0.15) is 0 Å². The van der Waals surface area contributed by atoms with E-state index in [1.165, 1.54) is 13.3 Å². The highest BCUT2D eigenvalue weighted by atomic mass is 16.2. The molecule has 0 aromatic carbocycles. The molecule has 104 valence electrons. The maximum Gasteiger partial charge on any atom is 0.242 e. The van der Waals surface area contributed by atoms with Gasteiger partial charge in [0, 0.05) is 26.1 Å². The van der Waals surface area contributed by atoms with Crippen LogP contribution in [0.15, 0.2) is 0 Å². The van der Waals surface area contributed by atoms with Crippen molar-refractivity contribution in [3.63, 3.8) is 0 Å². The zero-order valence-corrected chi connectivity index (χ0v) is 12.1. The highest BCUT2D eigenvalue weighted by Gasteiger charge is 2.25. The molecule has 0 aromatic rings. The van der Waals surface area contributed by atoms with Crippen LogP contribution in [-0.4, -0.2) is 47.3 Å². The fourth-order valence-electron chi connectivity index (χ4n) is 2.46. The van der Waals surface area contributed by atoms with Gasteiger partial charge >= 0.3 is 0 Å². The van der Waals surface area contributed by atoms with Gasteiger partial charge in [0.05, 0.1) is 6.54 Å². The third kappa shape index (κ3) is 4.00. The van der Waals surface area contributed by atoms with E-state index in [9.17, 15) is 9.59 Å². The van der Waals surface area contributed by atoms with E-state index in [0.717, 1.165) is 25.9 Å². The summed E-state index contributed by atoms with van der Waals surface area (Å²) in [6, 6.07) is 0.133. The van der Waals surface area contributed by atoms with Gasteiger partial charge in [-0.05, 0) is 32.1 Å². The number of hydrogen-bond donors (Lipinski definition) is 0. The van der Waals surface area contributed by atoms with Gasteiger partial charge in [-0.3, -0.25) is 9.59 Å². The molecule has 0 spiro atoms. The van der Waals surface area contributed by atoms with Gasteiger partial charge in [0.25, 0.3) is 0 Å². The molecule has 1 saturated heterocycles. The molecule has 0 saturated carbocycles. The smallest absolute Gasteiger partial charge is 0.242 e. The Morgan fingerprint density at radius 3 is 2.61 bits per heavy atom. The maximum atomic E-state index is 12.2. The van der Waals surface area contributed by atoms with E-state index in [-0.39, 0.29) is 24.4 Å². The quantitative estimate of drug-likeness (QED) is 0.768. The van der Waals surface area contributed by atoms with Crippen molar-refractivity contribution in [2.75, 3.05) is 19.6 Å². The number of piperidine rings is 1. The van der Waals surface area contributed by atoms with Gasteiger partial charge in [0.15, 0.2) is 0 Å². The van der Waals surface area contributed by atoms with E-state index in [4.69, 9.17) is 0 Å². The number of nitrogens with zero attached hydrogens (tertiary/aromatic N) is 2. The molecule has 0 bridgehead atoms. The molecule has 2 atom stereocenters. The Balaban J connectivity index is 2.58. The molecule has 0 aromatic heterocycles. The van der Waals surface area contributed by atoms with Crippen molar-refractivity contribution in [3.05, 3.63) is 0 Å². The molecular formula is C14H26N2O2. The van der Waals surface area contributed by atoms with Crippen molar-refractivity contribution in [1.29, 1.82) is 0 Å². The molecule has 0 aliphatic carbocycles. The van der Waals surface area contributed by atoms with E-state index >= 15 is 0 Å². The monoisotopic (exact) mass is 254 g/mol. The van der Waals surface area contributed by atoms with Crippen LogP contribution in [0.5, 0.6) is 0 Å². The number of hydrogen-bond acceptors (Lipinski definition) is 2. The second-order valence-corrected chi connectivity index (χ2v) is 5.49. The van der Waals surface area contributed by atoms with E-state index in [2.05, 4.69) is 6.92 Å². The van der Waals surface area contributed by atoms with Gasteiger partial charge in [-0.15, -0.1) is 0 Å². The van der Waals surface area contributed by atoms with Crippen LogP contribution in [0.3, 0.4) is 0 Å². The normalized spacial score (nSPS) is 21.6. The van der Waals surface area contributed by atoms with Gasteiger partial charge in [0.1, 0.15) is 0 Å². The summed E-state index contributed by atoms with van der Waals surface area (Å²) in [5.74, 6) is 0.664. The van der Waals surface area contributed by atoms with E-state index in [0.29, 0.717) is 5.92 Å². The molecule has 2 amide bonds. The molecule has 4 nitrogen and oxygen atoms in total. The SMILES string of the molecule is CCC(C)N(CC(=O)N1CCCC(C)C1)C(C)=O. The molecule has 0 N–H and O–H groups in total. The third-order valence-corrected chi connectivity index (χ3v) is 3.84. The van der Waals surface area contributed by atoms with Crippen molar-refractivity contribution < 1.29 is 9.59 Å². The lowest BCUT2D eigenvalue weighted by molar-refractivity contribution is -0.142. The van der Waals surface area contributed by atoms with Crippen molar-refractivity contribution in [3.8, 4) is 0 Å². The summed E-state index contributed by atoms with van der Waals surface area (Å²) in [5, 5.41) is 0. The molecule has 18 heavy (non-hydrogen) atoms.